The number of sulfonamides is 1. The van der Waals surface area contributed by atoms with Crippen molar-refractivity contribution in [1.29, 1.82) is 0 Å². The minimum absolute atomic E-state index is 0.142. The van der Waals surface area contributed by atoms with Gasteiger partial charge in [-0.25, -0.2) is 14.8 Å². The highest BCUT2D eigenvalue weighted by Gasteiger charge is 2.35. The Morgan fingerprint density at radius 3 is 2.35 bits per heavy atom. The van der Waals surface area contributed by atoms with E-state index in [1.807, 2.05) is 0 Å². The molecular weight excluding hydrogens is 583 g/mol. The predicted molar refractivity (Wildman–Crippen MR) is 161 cm³/mol. The first-order valence-corrected chi connectivity index (χ1v) is 14.8. The number of alkyl halides is 3. The molecule has 0 aliphatic carbocycles. The minimum atomic E-state index is -4.74. The molecule has 0 unspecified atom stereocenters. The number of aromatic nitrogens is 2. The Morgan fingerprint density at radius 1 is 0.977 bits per heavy atom. The van der Waals surface area contributed by atoms with Gasteiger partial charge in [0, 0.05) is 25.2 Å². The first-order valence-electron chi connectivity index (χ1n) is 13.3. The van der Waals surface area contributed by atoms with Gasteiger partial charge >= 0.3 is 12.3 Å². The van der Waals surface area contributed by atoms with E-state index >= 15 is 0 Å². The lowest BCUT2D eigenvalue weighted by molar-refractivity contribution is -0.137. The van der Waals surface area contributed by atoms with E-state index in [0.29, 0.717) is 18.5 Å². The third-order valence-corrected chi connectivity index (χ3v) is 7.07. The van der Waals surface area contributed by atoms with Crippen molar-refractivity contribution in [2.75, 3.05) is 29.7 Å². The maximum absolute atomic E-state index is 13.8. The number of amides is 1. The molecule has 0 saturated heterocycles. The van der Waals surface area contributed by atoms with E-state index in [0.717, 1.165) is 12.1 Å². The topological polar surface area (TPSA) is 114 Å². The second-order valence-corrected chi connectivity index (χ2v) is 11.9. The van der Waals surface area contributed by atoms with Crippen molar-refractivity contribution in [1.82, 2.24) is 14.9 Å². The average Bonchev–Trinajstić information content (AvgIpc) is 2.93. The molecule has 43 heavy (non-hydrogen) atoms. The van der Waals surface area contributed by atoms with E-state index in [1.165, 1.54) is 29.2 Å². The molecule has 1 amide bonds. The second kappa shape index (κ2) is 13.7. The predicted octanol–water partition coefficient (Wildman–Crippen LogP) is 6.83. The highest BCUT2D eigenvalue weighted by molar-refractivity contribution is 7.92. The third-order valence-electron chi connectivity index (χ3n) is 5.82. The molecule has 3 rings (SSSR count). The van der Waals surface area contributed by atoms with Crippen LogP contribution in [-0.2, 0) is 20.9 Å². The lowest BCUT2D eigenvalue weighted by Gasteiger charge is -2.27. The number of nitrogens with one attached hydrogen (secondary N) is 2. The van der Waals surface area contributed by atoms with Crippen molar-refractivity contribution in [3.63, 3.8) is 0 Å². The van der Waals surface area contributed by atoms with Gasteiger partial charge in [0.1, 0.15) is 17.2 Å². The summed E-state index contributed by atoms with van der Waals surface area (Å²) in [5.41, 5.74) is -1.61. The van der Waals surface area contributed by atoms with Crippen LogP contribution in [0.25, 0.3) is 17.3 Å². The standard InChI is InChI=1S/C30H34F3N5O4S/c1-6-8-19-38(28(39)42-29(3,4)5)20-18-34-24-14-11-15-26(35-24)43(40,41)37-25-17-16-23(30(31,32)33)27(36-25)22-13-10-9-12-21(22)7-2/h6-7,9-17H,1-2,8,18-20H2,3-5H3,(H,34,35)(H,36,37). The maximum Gasteiger partial charge on any atom is 0.418 e. The van der Waals surface area contributed by atoms with Crippen molar-refractivity contribution < 1.29 is 31.1 Å². The molecule has 1 aromatic carbocycles. The van der Waals surface area contributed by atoms with Gasteiger partial charge in [-0.1, -0.05) is 49.1 Å². The van der Waals surface area contributed by atoms with Gasteiger partial charge in [-0.05, 0) is 57.0 Å². The van der Waals surface area contributed by atoms with Gasteiger partial charge < -0.3 is 15.0 Å². The van der Waals surface area contributed by atoms with Crippen LogP contribution in [0.4, 0.5) is 29.6 Å². The number of anilines is 2. The molecule has 0 radical (unpaired) electrons. The van der Waals surface area contributed by atoms with Gasteiger partial charge in [0.25, 0.3) is 10.0 Å². The van der Waals surface area contributed by atoms with Crippen LogP contribution in [0, 0.1) is 0 Å². The fourth-order valence-corrected chi connectivity index (χ4v) is 4.85. The van der Waals surface area contributed by atoms with E-state index in [1.54, 1.807) is 51.1 Å². The summed E-state index contributed by atoms with van der Waals surface area (Å²) in [6.45, 7) is 13.5. The number of hydrogen-bond acceptors (Lipinski definition) is 7. The Kier molecular flexibility index (Phi) is 10.6. The van der Waals surface area contributed by atoms with Gasteiger partial charge in [-0.2, -0.15) is 21.6 Å². The zero-order chi connectivity index (χ0) is 31.8. The van der Waals surface area contributed by atoms with Crippen LogP contribution < -0.4 is 10.0 Å². The highest BCUT2D eigenvalue weighted by Crippen LogP contribution is 2.38. The molecule has 9 nitrogen and oxygen atoms in total. The van der Waals surface area contributed by atoms with Gasteiger partial charge in [-0.3, -0.25) is 4.72 Å². The number of halogens is 3. The number of carbonyl (C=O) groups is 1. The van der Waals surface area contributed by atoms with E-state index in [-0.39, 0.29) is 35.3 Å². The van der Waals surface area contributed by atoms with E-state index in [2.05, 4.69) is 33.2 Å². The Balaban J connectivity index is 1.81. The van der Waals surface area contributed by atoms with Crippen LogP contribution in [0.15, 0.2) is 78.9 Å². The van der Waals surface area contributed by atoms with Crippen LogP contribution in [0.2, 0.25) is 0 Å². The molecule has 2 heterocycles. The molecule has 0 spiro atoms. The zero-order valence-corrected chi connectivity index (χ0v) is 24.9. The Labute approximate surface area is 249 Å². The lowest BCUT2D eigenvalue weighted by Crippen LogP contribution is -2.39. The molecule has 0 atom stereocenters. The number of pyridine rings is 2. The van der Waals surface area contributed by atoms with Crippen LogP contribution in [0.1, 0.15) is 38.3 Å². The first kappa shape index (κ1) is 33.1. The van der Waals surface area contributed by atoms with Crippen molar-refractivity contribution in [3.8, 4) is 11.3 Å². The molecular formula is C30H34F3N5O4S. The minimum Gasteiger partial charge on any atom is -0.444 e. The molecule has 0 saturated carbocycles. The Morgan fingerprint density at radius 2 is 1.70 bits per heavy atom. The van der Waals surface area contributed by atoms with Crippen LogP contribution in [0.3, 0.4) is 0 Å². The fourth-order valence-electron chi connectivity index (χ4n) is 3.88. The summed E-state index contributed by atoms with van der Waals surface area (Å²) >= 11 is 0. The molecule has 3 aromatic rings. The molecule has 0 bridgehead atoms. The molecule has 0 aliphatic rings. The van der Waals surface area contributed by atoms with Gasteiger partial charge in [0.2, 0.25) is 0 Å². The summed E-state index contributed by atoms with van der Waals surface area (Å²) in [5.74, 6) is -0.117. The Bertz CT molecular complexity index is 1570. The van der Waals surface area contributed by atoms with Crippen LogP contribution >= 0.6 is 0 Å². The second-order valence-electron chi connectivity index (χ2n) is 10.3. The molecule has 0 aliphatic heterocycles. The van der Waals surface area contributed by atoms with Gasteiger partial charge in [0.15, 0.2) is 5.03 Å². The highest BCUT2D eigenvalue weighted by atomic mass is 32.2. The SMILES string of the molecule is C=CCCN(CCNc1cccc(S(=O)(=O)Nc2ccc(C(F)(F)F)c(-c3ccccc3C=C)n2)n1)C(=O)OC(C)(C)C. The molecule has 13 heteroatoms. The van der Waals surface area contributed by atoms with Crippen molar-refractivity contribution in [2.45, 2.75) is 44.0 Å². The normalized spacial score (nSPS) is 11.9. The van der Waals surface area contributed by atoms with Crippen molar-refractivity contribution in [2.24, 2.45) is 0 Å². The lowest BCUT2D eigenvalue weighted by atomic mass is 10.00. The fraction of sp³-hybridized carbons (Fsp3) is 0.300. The monoisotopic (exact) mass is 617 g/mol. The van der Waals surface area contributed by atoms with Gasteiger partial charge in [-0.15, -0.1) is 6.58 Å². The maximum atomic E-state index is 13.8. The number of benzene rings is 1. The molecule has 2 N–H and O–H groups in total. The number of ether oxygens (including phenoxy) is 1. The summed E-state index contributed by atoms with van der Waals surface area (Å²) in [6, 6.07) is 12.2. The number of rotatable bonds is 12. The van der Waals surface area contributed by atoms with Gasteiger partial charge in [0.05, 0.1) is 11.3 Å². The number of hydrogen-bond donors (Lipinski definition) is 2. The average molecular weight is 618 g/mol. The first-order chi connectivity index (χ1) is 20.1. The van der Waals surface area contributed by atoms with E-state index in [9.17, 15) is 26.4 Å². The Hall–Kier alpha value is -4.39. The van der Waals surface area contributed by atoms with Crippen molar-refractivity contribution in [3.05, 3.63) is 85.0 Å². The van der Waals surface area contributed by atoms with Crippen molar-refractivity contribution >= 4 is 33.8 Å². The zero-order valence-electron chi connectivity index (χ0n) is 24.1. The molecule has 2 aromatic heterocycles. The summed E-state index contributed by atoms with van der Waals surface area (Å²) < 4.78 is 75.5. The largest absolute Gasteiger partial charge is 0.444 e. The molecule has 230 valence electrons. The quantitative estimate of drug-likeness (QED) is 0.214. The third kappa shape index (κ3) is 9.30. The van der Waals surface area contributed by atoms with Crippen LogP contribution in [0.5, 0.6) is 0 Å². The van der Waals surface area contributed by atoms with E-state index in [4.69, 9.17) is 4.74 Å². The van der Waals surface area contributed by atoms with Crippen LogP contribution in [-0.4, -0.2) is 54.6 Å². The smallest absolute Gasteiger partial charge is 0.418 e. The summed E-state index contributed by atoms with van der Waals surface area (Å²) in [5, 5.41) is 2.60. The summed E-state index contributed by atoms with van der Waals surface area (Å²) in [6.07, 6.45) is -1.61. The van der Waals surface area contributed by atoms with E-state index < -0.39 is 39.2 Å². The summed E-state index contributed by atoms with van der Waals surface area (Å²) in [4.78, 5) is 22.2. The molecule has 0 fully saturated rings. The number of carbonyl (C=O) groups excluding carboxylic acids is 1. The summed E-state index contributed by atoms with van der Waals surface area (Å²) in [7, 11) is -4.35. The number of nitrogens with zero attached hydrogens (tertiary/aromatic N) is 3.